The highest BCUT2D eigenvalue weighted by Crippen LogP contribution is 2.23. The lowest BCUT2D eigenvalue weighted by molar-refractivity contribution is 0.627. The first kappa shape index (κ1) is 16.8. The monoisotopic (exact) mass is 434 g/mol. The van der Waals surface area contributed by atoms with E-state index in [2.05, 4.69) is 46.4 Å². The summed E-state index contributed by atoms with van der Waals surface area (Å²) in [5.74, 6) is 1.83. The molecule has 0 aliphatic rings. The molecule has 6 heteroatoms. The highest BCUT2D eigenvalue weighted by Gasteiger charge is 2.10. The fourth-order valence-electron chi connectivity index (χ4n) is 1.83. The van der Waals surface area contributed by atoms with E-state index in [1.807, 2.05) is 24.3 Å². The molecule has 0 fully saturated rings. The van der Waals surface area contributed by atoms with Crippen LogP contribution in [-0.4, -0.2) is 9.97 Å². The molecule has 3 nitrogen and oxygen atoms in total. The van der Waals surface area contributed by atoms with Crippen LogP contribution in [0.3, 0.4) is 0 Å². The van der Waals surface area contributed by atoms with Crippen LogP contribution in [0.2, 0.25) is 5.02 Å². The topological polar surface area (TPSA) is 45.8 Å². The molecule has 1 aromatic carbocycles. The van der Waals surface area contributed by atoms with Crippen molar-refractivity contribution in [1.29, 1.82) is 0 Å². The molecule has 21 heavy (non-hydrogen) atoms. The van der Waals surface area contributed by atoms with E-state index in [-0.39, 0.29) is 5.56 Å². The fourth-order valence-corrected chi connectivity index (χ4v) is 3.20. The Labute approximate surface area is 147 Å². The molecular formula is C15H16ClIN2OS. The molecule has 112 valence electrons. The number of aromatic amines is 1. The molecule has 0 radical (unpaired) electrons. The van der Waals surface area contributed by atoms with Gasteiger partial charge in [0.05, 0.1) is 15.0 Å². The summed E-state index contributed by atoms with van der Waals surface area (Å²) in [6.45, 7) is 4.25. The molecule has 0 aliphatic carbocycles. The first-order valence-electron chi connectivity index (χ1n) is 6.61. The molecule has 0 aliphatic heterocycles. The Morgan fingerprint density at radius 1 is 1.33 bits per heavy atom. The Morgan fingerprint density at radius 3 is 2.62 bits per heavy atom. The smallest absolute Gasteiger partial charge is 0.264 e. The number of nitrogens with one attached hydrogen (secondary N) is 1. The predicted molar refractivity (Wildman–Crippen MR) is 97.1 cm³/mol. The Morgan fingerprint density at radius 2 is 2.00 bits per heavy atom. The summed E-state index contributed by atoms with van der Waals surface area (Å²) >= 11 is 9.57. The Hall–Kier alpha value is -0.530. The molecule has 0 bridgehead atoms. The molecule has 0 spiro atoms. The standard InChI is InChI=1S/C15H16ClIN2OS/c1-9(2)7-12-14(17)15(20)19-13(18-12)8-21-11-5-3-10(16)4-6-11/h3-6,9H,7-8H2,1-2H3,(H,18,19,20). The van der Waals surface area contributed by atoms with Crippen molar-refractivity contribution in [2.45, 2.75) is 30.9 Å². The minimum Gasteiger partial charge on any atom is -0.309 e. The van der Waals surface area contributed by atoms with Gasteiger partial charge in [0.25, 0.3) is 5.56 Å². The van der Waals surface area contributed by atoms with E-state index >= 15 is 0 Å². The maximum atomic E-state index is 12.0. The van der Waals surface area contributed by atoms with E-state index in [9.17, 15) is 4.79 Å². The number of H-pyrrole nitrogens is 1. The van der Waals surface area contributed by atoms with Gasteiger partial charge >= 0.3 is 0 Å². The van der Waals surface area contributed by atoms with Crippen LogP contribution in [0.1, 0.15) is 25.4 Å². The van der Waals surface area contributed by atoms with Gasteiger partial charge in [0, 0.05) is 9.92 Å². The van der Waals surface area contributed by atoms with E-state index in [1.54, 1.807) is 11.8 Å². The molecule has 0 saturated carbocycles. The zero-order chi connectivity index (χ0) is 15.4. The predicted octanol–water partition coefficient (Wildman–Crippen LogP) is 4.52. The number of hydrogen-bond donors (Lipinski definition) is 1. The molecule has 1 aromatic heterocycles. The van der Waals surface area contributed by atoms with Crippen molar-refractivity contribution < 1.29 is 0 Å². The summed E-state index contributed by atoms with van der Waals surface area (Å²) in [5, 5.41) is 0.722. The highest BCUT2D eigenvalue weighted by molar-refractivity contribution is 14.1. The summed E-state index contributed by atoms with van der Waals surface area (Å²) < 4.78 is 0.696. The van der Waals surface area contributed by atoms with E-state index < -0.39 is 0 Å². The second kappa shape index (κ2) is 7.65. The average Bonchev–Trinajstić information content (AvgIpc) is 2.43. The lowest BCUT2D eigenvalue weighted by Gasteiger charge is -2.08. The third-order valence-electron chi connectivity index (χ3n) is 2.77. The molecule has 2 aromatic rings. The maximum Gasteiger partial charge on any atom is 0.264 e. The van der Waals surface area contributed by atoms with Gasteiger partial charge < -0.3 is 4.98 Å². The summed E-state index contributed by atoms with van der Waals surface area (Å²) in [7, 11) is 0. The van der Waals surface area contributed by atoms with Crippen LogP contribution in [0.5, 0.6) is 0 Å². The van der Waals surface area contributed by atoms with Gasteiger partial charge in [-0.1, -0.05) is 25.4 Å². The SMILES string of the molecule is CC(C)Cc1nc(CSc2ccc(Cl)cc2)[nH]c(=O)c1I. The third kappa shape index (κ3) is 5.00. The van der Waals surface area contributed by atoms with Crippen molar-refractivity contribution in [1.82, 2.24) is 9.97 Å². The number of rotatable bonds is 5. The molecule has 0 amide bonds. The lowest BCUT2D eigenvalue weighted by atomic mass is 10.1. The fraction of sp³-hybridized carbons (Fsp3) is 0.333. The quantitative estimate of drug-likeness (QED) is 0.556. The Bertz CT molecular complexity index is 670. The summed E-state index contributed by atoms with van der Waals surface area (Å²) in [6.07, 6.45) is 0.820. The number of benzene rings is 1. The third-order valence-corrected chi connectivity index (χ3v) is 5.16. The van der Waals surface area contributed by atoms with Gasteiger partial charge in [-0.2, -0.15) is 0 Å². The number of thioether (sulfide) groups is 1. The second-order valence-electron chi connectivity index (χ2n) is 5.11. The summed E-state index contributed by atoms with van der Waals surface area (Å²) in [6, 6.07) is 7.65. The van der Waals surface area contributed by atoms with Crippen LogP contribution in [0, 0.1) is 9.49 Å². The highest BCUT2D eigenvalue weighted by atomic mass is 127. The van der Waals surface area contributed by atoms with E-state index in [0.29, 0.717) is 15.2 Å². The minimum absolute atomic E-state index is 0.0482. The zero-order valence-electron chi connectivity index (χ0n) is 11.8. The van der Waals surface area contributed by atoms with Crippen LogP contribution < -0.4 is 5.56 Å². The average molecular weight is 435 g/mol. The first-order chi connectivity index (χ1) is 9.95. The van der Waals surface area contributed by atoms with Gasteiger partial charge in [0.2, 0.25) is 0 Å². The van der Waals surface area contributed by atoms with Crippen molar-refractivity contribution in [3.63, 3.8) is 0 Å². The first-order valence-corrected chi connectivity index (χ1v) is 9.06. The molecule has 0 unspecified atom stereocenters. The van der Waals surface area contributed by atoms with Crippen molar-refractivity contribution in [3.05, 3.63) is 54.7 Å². The number of hydrogen-bond acceptors (Lipinski definition) is 3. The molecule has 2 rings (SSSR count). The van der Waals surface area contributed by atoms with Crippen LogP contribution in [0.4, 0.5) is 0 Å². The van der Waals surface area contributed by atoms with Gasteiger partial charge in [-0.15, -0.1) is 11.8 Å². The largest absolute Gasteiger partial charge is 0.309 e. The van der Waals surface area contributed by atoms with Crippen LogP contribution >= 0.6 is 46.0 Å². The van der Waals surface area contributed by atoms with Crippen molar-refractivity contribution in [3.8, 4) is 0 Å². The van der Waals surface area contributed by atoms with Gasteiger partial charge in [-0.25, -0.2) is 4.98 Å². The molecule has 0 atom stereocenters. The summed E-state index contributed by atoms with van der Waals surface area (Å²) in [5.41, 5.74) is 0.842. The molecule has 1 N–H and O–H groups in total. The van der Waals surface area contributed by atoms with Crippen LogP contribution in [0.15, 0.2) is 34.0 Å². The lowest BCUT2D eigenvalue weighted by Crippen LogP contribution is -2.18. The van der Waals surface area contributed by atoms with Gasteiger partial charge in [-0.3, -0.25) is 4.79 Å². The number of nitrogens with zero attached hydrogens (tertiary/aromatic N) is 1. The number of halogens is 2. The van der Waals surface area contributed by atoms with Crippen LogP contribution in [-0.2, 0) is 12.2 Å². The van der Waals surface area contributed by atoms with E-state index in [1.165, 1.54) is 0 Å². The van der Waals surface area contributed by atoms with E-state index in [4.69, 9.17) is 11.6 Å². The number of aromatic nitrogens is 2. The maximum absolute atomic E-state index is 12.0. The second-order valence-corrected chi connectivity index (χ2v) is 7.68. The Kier molecular flexibility index (Phi) is 6.13. The molecular weight excluding hydrogens is 419 g/mol. The van der Waals surface area contributed by atoms with Gasteiger partial charge in [-0.05, 0) is 59.2 Å². The zero-order valence-corrected chi connectivity index (χ0v) is 15.6. The summed E-state index contributed by atoms with van der Waals surface area (Å²) in [4.78, 5) is 20.5. The Balaban J connectivity index is 2.14. The van der Waals surface area contributed by atoms with Crippen LogP contribution in [0.25, 0.3) is 0 Å². The van der Waals surface area contributed by atoms with Crippen molar-refractivity contribution in [2.24, 2.45) is 5.92 Å². The van der Waals surface area contributed by atoms with Gasteiger partial charge in [0.15, 0.2) is 0 Å². The minimum atomic E-state index is -0.0482. The molecule has 0 saturated heterocycles. The normalized spacial score (nSPS) is 11.1. The molecule has 1 heterocycles. The van der Waals surface area contributed by atoms with Gasteiger partial charge in [0.1, 0.15) is 5.82 Å². The van der Waals surface area contributed by atoms with Crippen molar-refractivity contribution in [2.75, 3.05) is 0 Å². The van der Waals surface area contributed by atoms with E-state index in [0.717, 1.165) is 27.9 Å². The van der Waals surface area contributed by atoms with Crippen molar-refractivity contribution >= 4 is 46.0 Å².